The molecular weight excluding hydrogens is 484 g/mol. The molecule has 0 saturated carbocycles. The first-order chi connectivity index (χ1) is 17.9. The molecule has 0 aliphatic carbocycles. The second kappa shape index (κ2) is 12.3. The molecule has 1 saturated heterocycles. The maximum absolute atomic E-state index is 12.6. The minimum absolute atomic E-state index is 0.134. The predicted octanol–water partition coefficient (Wildman–Crippen LogP) is 5.32. The SMILES string of the molecule is COc1ccc(CCN(C)c2nc(SCc3ccc(C(=O)N4CCCC4)cc3)nc(C)c2C)cc1OC. The minimum atomic E-state index is 0.134. The summed E-state index contributed by atoms with van der Waals surface area (Å²) in [5.41, 5.74) is 5.15. The Hall–Kier alpha value is -3.26. The van der Waals surface area contributed by atoms with Gasteiger partial charge in [-0.3, -0.25) is 4.79 Å². The first kappa shape index (κ1) is 26.8. The molecule has 0 N–H and O–H groups in total. The number of carbonyl (C=O) groups is 1. The van der Waals surface area contributed by atoms with Crippen LogP contribution < -0.4 is 14.4 Å². The Bertz CT molecular complexity index is 1230. The first-order valence-corrected chi connectivity index (χ1v) is 13.7. The molecule has 0 spiro atoms. The van der Waals surface area contributed by atoms with Gasteiger partial charge in [-0.2, -0.15) is 0 Å². The molecule has 3 aromatic rings. The lowest BCUT2D eigenvalue weighted by molar-refractivity contribution is 0.0793. The highest BCUT2D eigenvalue weighted by molar-refractivity contribution is 7.98. The van der Waals surface area contributed by atoms with Crippen LogP contribution in [0.5, 0.6) is 11.5 Å². The van der Waals surface area contributed by atoms with E-state index in [0.717, 1.165) is 89.5 Å². The van der Waals surface area contributed by atoms with Crippen molar-refractivity contribution in [3.8, 4) is 11.5 Å². The van der Waals surface area contributed by atoms with Gasteiger partial charge in [0.25, 0.3) is 5.91 Å². The lowest BCUT2D eigenvalue weighted by Crippen LogP contribution is -2.27. The summed E-state index contributed by atoms with van der Waals surface area (Å²) >= 11 is 1.62. The molecule has 2 aromatic carbocycles. The molecule has 1 fully saturated rings. The van der Waals surface area contributed by atoms with E-state index in [4.69, 9.17) is 19.4 Å². The summed E-state index contributed by atoms with van der Waals surface area (Å²) in [4.78, 5) is 26.3. The van der Waals surface area contributed by atoms with Crippen LogP contribution in [0.25, 0.3) is 0 Å². The van der Waals surface area contributed by atoms with Crippen molar-refractivity contribution in [3.05, 3.63) is 70.4 Å². The normalized spacial score (nSPS) is 13.1. The standard InChI is InChI=1S/C29H36N4O3S/c1-20-21(2)30-29(37-19-23-8-11-24(12-9-23)28(34)33-15-6-7-16-33)31-27(20)32(3)17-14-22-10-13-25(35-4)26(18-22)36-5/h8-13,18H,6-7,14-17,19H2,1-5H3. The van der Waals surface area contributed by atoms with E-state index in [9.17, 15) is 4.79 Å². The van der Waals surface area contributed by atoms with Crippen LogP contribution in [0, 0.1) is 13.8 Å². The lowest BCUT2D eigenvalue weighted by Gasteiger charge is -2.22. The summed E-state index contributed by atoms with van der Waals surface area (Å²) in [6.07, 6.45) is 3.05. The summed E-state index contributed by atoms with van der Waals surface area (Å²) in [6.45, 7) is 6.65. The van der Waals surface area contributed by atoms with Gasteiger partial charge in [0.05, 0.1) is 14.2 Å². The van der Waals surface area contributed by atoms with E-state index in [1.54, 1.807) is 26.0 Å². The van der Waals surface area contributed by atoms with Crippen LogP contribution >= 0.6 is 11.8 Å². The van der Waals surface area contributed by atoms with Crippen LogP contribution in [0.15, 0.2) is 47.6 Å². The van der Waals surface area contributed by atoms with Crippen molar-refractivity contribution < 1.29 is 14.3 Å². The Morgan fingerprint density at radius 1 is 0.973 bits per heavy atom. The average molecular weight is 521 g/mol. The number of anilines is 1. The highest BCUT2D eigenvalue weighted by Crippen LogP contribution is 2.29. The van der Waals surface area contributed by atoms with Gasteiger partial charge in [0, 0.05) is 49.3 Å². The monoisotopic (exact) mass is 520 g/mol. The molecule has 1 aliphatic rings. The number of aryl methyl sites for hydroxylation is 1. The van der Waals surface area contributed by atoms with Gasteiger partial charge in [-0.05, 0) is 68.5 Å². The molecule has 37 heavy (non-hydrogen) atoms. The van der Waals surface area contributed by atoms with Gasteiger partial charge in [-0.15, -0.1) is 0 Å². The van der Waals surface area contributed by atoms with E-state index < -0.39 is 0 Å². The number of amides is 1. The van der Waals surface area contributed by atoms with E-state index in [1.807, 2.05) is 48.2 Å². The van der Waals surface area contributed by atoms with Crippen molar-refractivity contribution in [2.24, 2.45) is 0 Å². The Kier molecular flexibility index (Phi) is 8.92. The first-order valence-electron chi connectivity index (χ1n) is 12.7. The van der Waals surface area contributed by atoms with Gasteiger partial charge in [-0.1, -0.05) is 30.0 Å². The number of rotatable bonds is 10. The number of hydrogen-bond acceptors (Lipinski definition) is 7. The summed E-state index contributed by atoms with van der Waals surface area (Å²) in [5, 5.41) is 0.758. The topological polar surface area (TPSA) is 67.8 Å². The number of ether oxygens (including phenoxy) is 2. The van der Waals surface area contributed by atoms with Crippen LogP contribution in [-0.2, 0) is 12.2 Å². The number of likely N-dealkylation sites (N-methyl/N-ethyl adjacent to an activating group) is 1. The molecule has 0 bridgehead atoms. The maximum Gasteiger partial charge on any atom is 0.253 e. The summed E-state index contributed by atoms with van der Waals surface area (Å²) in [5.74, 6) is 3.30. The average Bonchev–Trinajstić information content (AvgIpc) is 3.47. The van der Waals surface area contributed by atoms with Crippen molar-refractivity contribution in [3.63, 3.8) is 0 Å². The third kappa shape index (κ3) is 6.55. The van der Waals surface area contributed by atoms with E-state index in [0.29, 0.717) is 0 Å². The largest absolute Gasteiger partial charge is 0.493 e. The number of carbonyl (C=O) groups excluding carboxylic acids is 1. The van der Waals surface area contributed by atoms with E-state index in [1.165, 1.54) is 5.56 Å². The zero-order valence-electron chi connectivity index (χ0n) is 22.4. The molecule has 0 radical (unpaired) electrons. The van der Waals surface area contributed by atoms with Gasteiger partial charge >= 0.3 is 0 Å². The Labute approximate surface area is 224 Å². The molecule has 1 aliphatic heterocycles. The van der Waals surface area contributed by atoms with Crippen molar-refractivity contribution in [1.29, 1.82) is 0 Å². The number of methoxy groups -OCH3 is 2. The summed E-state index contributed by atoms with van der Waals surface area (Å²) in [6, 6.07) is 14.0. The summed E-state index contributed by atoms with van der Waals surface area (Å²) in [7, 11) is 5.37. The number of aromatic nitrogens is 2. The maximum atomic E-state index is 12.6. The molecule has 1 aromatic heterocycles. The molecule has 4 rings (SSSR count). The number of likely N-dealkylation sites (tertiary alicyclic amines) is 1. The van der Waals surface area contributed by atoms with Crippen LogP contribution in [0.1, 0.15) is 45.6 Å². The summed E-state index contributed by atoms with van der Waals surface area (Å²) < 4.78 is 10.8. The molecule has 0 unspecified atom stereocenters. The smallest absolute Gasteiger partial charge is 0.253 e. The van der Waals surface area contributed by atoms with Gasteiger partial charge in [-0.25, -0.2) is 9.97 Å². The van der Waals surface area contributed by atoms with Crippen molar-refractivity contribution in [2.45, 2.75) is 44.0 Å². The third-order valence-corrected chi connectivity index (χ3v) is 7.77. The fourth-order valence-electron chi connectivity index (χ4n) is 4.46. The molecule has 196 valence electrons. The molecule has 1 amide bonds. The third-order valence-electron chi connectivity index (χ3n) is 6.85. The fraction of sp³-hybridized carbons (Fsp3) is 0.414. The quantitative estimate of drug-likeness (QED) is 0.265. The van der Waals surface area contributed by atoms with Crippen LogP contribution in [0.4, 0.5) is 5.82 Å². The van der Waals surface area contributed by atoms with Crippen molar-refractivity contribution in [1.82, 2.24) is 14.9 Å². The number of benzene rings is 2. The Morgan fingerprint density at radius 2 is 1.65 bits per heavy atom. The Balaban J connectivity index is 1.39. The molecule has 7 nitrogen and oxygen atoms in total. The van der Waals surface area contributed by atoms with Gasteiger partial charge in [0.15, 0.2) is 16.7 Å². The number of thioether (sulfide) groups is 1. The van der Waals surface area contributed by atoms with Crippen LogP contribution in [0.3, 0.4) is 0 Å². The highest BCUT2D eigenvalue weighted by Gasteiger charge is 2.19. The zero-order chi connectivity index (χ0) is 26.4. The fourth-order valence-corrected chi connectivity index (χ4v) is 5.30. The second-order valence-corrected chi connectivity index (χ2v) is 10.3. The Morgan fingerprint density at radius 3 is 2.32 bits per heavy atom. The minimum Gasteiger partial charge on any atom is -0.493 e. The lowest BCUT2D eigenvalue weighted by atomic mass is 10.1. The second-order valence-electron chi connectivity index (χ2n) is 9.39. The number of nitrogens with zero attached hydrogens (tertiary/aromatic N) is 4. The van der Waals surface area contributed by atoms with Gasteiger partial charge in [0.2, 0.25) is 0 Å². The van der Waals surface area contributed by atoms with Crippen molar-refractivity contribution >= 4 is 23.5 Å². The van der Waals surface area contributed by atoms with Crippen LogP contribution in [0.2, 0.25) is 0 Å². The van der Waals surface area contributed by atoms with Crippen LogP contribution in [-0.4, -0.2) is 61.7 Å². The van der Waals surface area contributed by atoms with E-state index in [-0.39, 0.29) is 5.91 Å². The molecule has 2 heterocycles. The van der Waals surface area contributed by atoms with E-state index in [2.05, 4.69) is 24.9 Å². The predicted molar refractivity (Wildman–Crippen MR) is 149 cm³/mol. The molecule has 0 atom stereocenters. The molecule has 8 heteroatoms. The molecular formula is C29H36N4O3S. The zero-order valence-corrected chi connectivity index (χ0v) is 23.2. The van der Waals surface area contributed by atoms with E-state index >= 15 is 0 Å². The van der Waals surface area contributed by atoms with Crippen molar-refractivity contribution in [2.75, 3.05) is 45.8 Å². The number of hydrogen-bond donors (Lipinski definition) is 0. The van der Waals surface area contributed by atoms with Gasteiger partial charge < -0.3 is 19.3 Å². The highest BCUT2D eigenvalue weighted by atomic mass is 32.2. The van der Waals surface area contributed by atoms with Gasteiger partial charge in [0.1, 0.15) is 5.82 Å².